The second-order valence-electron chi connectivity index (χ2n) is 15.2. The lowest BCUT2D eigenvalue weighted by Crippen LogP contribution is -2.60. The van der Waals surface area contributed by atoms with Crippen LogP contribution >= 0.6 is 0 Å². The minimum absolute atomic E-state index is 0.0628. The van der Waals surface area contributed by atoms with Gasteiger partial charge in [0, 0.05) is 47.8 Å². The maximum absolute atomic E-state index is 13.7. The fourth-order valence-corrected chi connectivity index (χ4v) is 6.86. The maximum atomic E-state index is 13.7. The third kappa shape index (κ3) is 6.72. The van der Waals surface area contributed by atoms with E-state index in [0.29, 0.717) is 19.3 Å². The van der Waals surface area contributed by atoms with Crippen LogP contribution in [-0.2, 0) is 19.1 Å². The Balaban J connectivity index is 2.17. The second-order valence-corrected chi connectivity index (χ2v) is 15.2. The van der Waals surface area contributed by atoms with Crippen LogP contribution < -0.4 is 0 Å². The van der Waals surface area contributed by atoms with Crippen molar-refractivity contribution in [3.63, 3.8) is 0 Å². The number of piperidine rings is 2. The van der Waals surface area contributed by atoms with E-state index in [4.69, 9.17) is 9.47 Å². The molecule has 2 saturated heterocycles. The van der Waals surface area contributed by atoms with Crippen molar-refractivity contribution in [1.29, 1.82) is 0 Å². The SMILES string of the molecule is CCC(C)(CC(C)(CC)C(=O)OC1CC(C)(C)N(C)C(C)(C)C1)C(=O)OC1CC(C)(C)N(C)C(C)(C)C1. The maximum Gasteiger partial charge on any atom is 0.312 e. The van der Waals surface area contributed by atoms with Crippen LogP contribution in [0.5, 0.6) is 0 Å². The summed E-state index contributed by atoms with van der Waals surface area (Å²) in [6.45, 7) is 25.7. The Morgan fingerprint density at radius 3 is 1.11 bits per heavy atom. The number of ether oxygens (including phenoxy) is 2. The average Bonchev–Trinajstić information content (AvgIpc) is 2.74. The largest absolute Gasteiger partial charge is 0.462 e. The number of nitrogens with zero attached hydrogens (tertiary/aromatic N) is 2. The Bertz CT molecular complexity index is 744. The number of esters is 2. The molecule has 216 valence electrons. The quantitative estimate of drug-likeness (QED) is 0.335. The monoisotopic (exact) mass is 522 g/mol. The van der Waals surface area contributed by atoms with E-state index in [1.54, 1.807) is 0 Å². The second kappa shape index (κ2) is 10.4. The van der Waals surface area contributed by atoms with Gasteiger partial charge in [0.25, 0.3) is 0 Å². The van der Waals surface area contributed by atoms with Crippen LogP contribution in [0.3, 0.4) is 0 Å². The van der Waals surface area contributed by atoms with Crippen molar-refractivity contribution in [3.8, 4) is 0 Å². The number of rotatable bonds is 8. The Kier molecular flexibility index (Phi) is 9.05. The molecule has 0 N–H and O–H groups in total. The average molecular weight is 523 g/mol. The smallest absolute Gasteiger partial charge is 0.312 e. The van der Waals surface area contributed by atoms with E-state index in [9.17, 15) is 9.59 Å². The van der Waals surface area contributed by atoms with Gasteiger partial charge in [0.2, 0.25) is 0 Å². The summed E-state index contributed by atoms with van der Waals surface area (Å²) in [5.41, 5.74) is -1.77. The van der Waals surface area contributed by atoms with Gasteiger partial charge in [-0.15, -0.1) is 0 Å². The Hall–Kier alpha value is -1.14. The third-order valence-electron chi connectivity index (χ3n) is 10.4. The van der Waals surface area contributed by atoms with Crippen LogP contribution in [0.2, 0.25) is 0 Å². The minimum atomic E-state index is -0.757. The molecule has 2 aliphatic rings. The molecule has 0 aromatic rings. The van der Waals surface area contributed by atoms with Crippen LogP contribution in [0.4, 0.5) is 0 Å². The number of hydrogen-bond acceptors (Lipinski definition) is 6. The van der Waals surface area contributed by atoms with Gasteiger partial charge in [-0.25, -0.2) is 0 Å². The van der Waals surface area contributed by atoms with Crippen molar-refractivity contribution in [3.05, 3.63) is 0 Å². The lowest BCUT2D eigenvalue weighted by molar-refractivity contribution is -0.178. The fraction of sp³-hybridized carbons (Fsp3) is 0.935. The molecule has 2 unspecified atom stereocenters. The molecular weight excluding hydrogens is 464 g/mol. The van der Waals surface area contributed by atoms with Gasteiger partial charge in [-0.05, 0) is 103 Å². The lowest BCUT2D eigenvalue weighted by atomic mass is 9.70. The molecule has 0 radical (unpaired) electrons. The number of likely N-dealkylation sites (tertiary alicyclic amines) is 2. The van der Waals surface area contributed by atoms with Gasteiger partial charge in [-0.2, -0.15) is 0 Å². The van der Waals surface area contributed by atoms with Gasteiger partial charge in [0.05, 0.1) is 10.8 Å². The van der Waals surface area contributed by atoms with Crippen molar-refractivity contribution in [2.24, 2.45) is 10.8 Å². The highest BCUT2D eigenvalue weighted by molar-refractivity contribution is 5.81. The molecule has 2 rings (SSSR count). The van der Waals surface area contributed by atoms with E-state index in [1.807, 2.05) is 27.7 Å². The number of hydrogen-bond donors (Lipinski definition) is 0. The molecule has 6 heteroatoms. The highest BCUT2D eigenvalue weighted by Gasteiger charge is 2.50. The summed E-state index contributed by atoms with van der Waals surface area (Å²) in [5, 5.41) is 0. The Morgan fingerprint density at radius 2 is 0.892 bits per heavy atom. The molecule has 2 aliphatic heterocycles. The van der Waals surface area contributed by atoms with Crippen LogP contribution in [0.25, 0.3) is 0 Å². The first-order valence-corrected chi connectivity index (χ1v) is 14.5. The standard InChI is InChI=1S/C31H58N2O4/c1-15-30(11,24(34)36-22-17-26(3,4)32(13)27(5,6)18-22)21-31(12,16-2)25(35)37-23-19-28(7,8)33(14)29(9,10)20-23/h22-23H,15-21H2,1-14H3. The fourth-order valence-electron chi connectivity index (χ4n) is 6.86. The highest BCUT2D eigenvalue weighted by Crippen LogP contribution is 2.45. The summed E-state index contributed by atoms with van der Waals surface area (Å²) in [6, 6.07) is 0. The minimum Gasteiger partial charge on any atom is -0.462 e. The zero-order valence-corrected chi connectivity index (χ0v) is 26.6. The van der Waals surface area contributed by atoms with Crippen LogP contribution in [0, 0.1) is 10.8 Å². The van der Waals surface area contributed by atoms with Crippen molar-refractivity contribution < 1.29 is 19.1 Å². The summed E-state index contributed by atoms with van der Waals surface area (Å²) in [5.74, 6) is -0.379. The van der Waals surface area contributed by atoms with Gasteiger partial charge in [0.1, 0.15) is 12.2 Å². The highest BCUT2D eigenvalue weighted by atomic mass is 16.6. The van der Waals surface area contributed by atoms with Crippen molar-refractivity contribution in [2.45, 2.75) is 162 Å². The van der Waals surface area contributed by atoms with Crippen LogP contribution in [-0.4, -0.2) is 70.2 Å². The first kappa shape index (κ1) is 32.1. The lowest BCUT2D eigenvalue weighted by Gasteiger charge is -2.53. The number of carbonyl (C=O) groups excluding carboxylic acids is 2. The molecular formula is C31H58N2O4. The van der Waals surface area contributed by atoms with E-state index in [2.05, 4.69) is 79.3 Å². The molecule has 0 bridgehead atoms. The van der Waals surface area contributed by atoms with Gasteiger partial charge >= 0.3 is 11.9 Å². The molecule has 0 aliphatic carbocycles. The first-order chi connectivity index (χ1) is 16.6. The normalized spacial score (nSPS) is 27.6. The van der Waals surface area contributed by atoms with Crippen molar-refractivity contribution >= 4 is 11.9 Å². The van der Waals surface area contributed by atoms with E-state index >= 15 is 0 Å². The van der Waals surface area contributed by atoms with E-state index in [-0.39, 0.29) is 46.3 Å². The van der Waals surface area contributed by atoms with E-state index in [1.165, 1.54) is 0 Å². The molecule has 6 nitrogen and oxygen atoms in total. The summed E-state index contributed by atoms with van der Waals surface area (Å²) in [6.07, 6.45) is 4.57. The van der Waals surface area contributed by atoms with Gasteiger partial charge in [0.15, 0.2) is 0 Å². The summed E-state index contributed by atoms with van der Waals surface area (Å²) >= 11 is 0. The summed E-state index contributed by atoms with van der Waals surface area (Å²) < 4.78 is 12.5. The Morgan fingerprint density at radius 1 is 0.649 bits per heavy atom. The molecule has 0 aromatic carbocycles. The molecule has 2 fully saturated rings. The van der Waals surface area contributed by atoms with Gasteiger partial charge in [-0.3, -0.25) is 19.4 Å². The van der Waals surface area contributed by atoms with Crippen molar-refractivity contribution in [2.75, 3.05) is 14.1 Å². The molecule has 37 heavy (non-hydrogen) atoms. The predicted molar refractivity (Wildman–Crippen MR) is 151 cm³/mol. The topological polar surface area (TPSA) is 59.1 Å². The first-order valence-electron chi connectivity index (χ1n) is 14.5. The predicted octanol–water partition coefficient (Wildman–Crippen LogP) is 6.60. The van der Waals surface area contributed by atoms with Gasteiger partial charge in [-0.1, -0.05) is 13.8 Å². The molecule has 0 aromatic heterocycles. The van der Waals surface area contributed by atoms with Crippen molar-refractivity contribution in [1.82, 2.24) is 9.80 Å². The summed E-state index contributed by atoms with van der Waals surface area (Å²) in [7, 11) is 4.30. The van der Waals surface area contributed by atoms with Crippen LogP contribution in [0.1, 0.15) is 128 Å². The number of carbonyl (C=O) groups is 2. The third-order valence-corrected chi connectivity index (χ3v) is 10.4. The van der Waals surface area contributed by atoms with E-state index in [0.717, 1.165) is 25.7 Å². The van der Waals surface area contributed by atoms with E-state index < -0.39 is 10.8 Å². The molecule has 2 heterocycles. The Labute approximate surface area is 228 Å². The summed E-state index contributed by atoms with van der Waals surface area (Å²) in [4.78, 5) is 32.2. The molecule has 0 spiro atoms. The van der Waals surface area contributed by atoms with Gasteiger partial charge < -0.3 is 9.47 Å². The molecule has 0 amide bonds. The molecule has 0 saturated carbocycles. The van der Waals surface area contributed by atoms with Crippen LogP contribution in [0.15, 0.2) is 0 Å². The zero-order valence-electron chi connectivity index (χ0n) is 26.6. The molecule has 2 atom stereocenters. The zero-order chi connectivity index (χ0) is 28.8.